The number of nitrogens with one attached hydrogen (secondary N) is 1. The number of carbonyl (C=O) groups is 1. The van der Waals surface area contributed by atoms with Gasteiger partial charge in [0.25, 0.3) is 5.91 Å². The van der Waals surface area contributed by atoms with Crippen LogP contribution in [0.1, 0.15) is 74.8 Å². The molecule has 1 aliphatic heterocycles. The summed E-state index contributed by atoms with van der Waals surface area (Å²) >= 11 is 0. The molecule has 4 rings (SSSR count). The van der Waals surface area contributed by atoms with E-state index in [-0.39, 0.29) is 16.7 Å². The number of carbonyl (C=O) groups excluding carboxylic acids is 1. The predicted molar refractivity (Wildman–Crippen MR) is 132 cm³/mol. The van der Waals surface area contributed by atoms with Crippen molar-refractivity contribution in [3.63, 3.8) is 0 Å². The van der Waals surface area contributed by atoms with Crippen molar-refractivity contribution in [2.45, 2.75) is 58.5 Å². The van der Waals surface area contributed by atoms with Crippen LogP contribution in [0.15, 0.2) is 66.7 Å². The Morgan fingerprint density at radius 2 is 1.34 bits per heavy atom. The Morgan fingerprint density at radius 1 is 0.812 bits per heavy atom. The molecule has 1 unspecified atom stereocenters. The summed E-state index contributed by atoms with van der Waals surface area (Å²) in [7, 11) is 0. The summed E-state index contributed by atoms with van der Waals surface area (Å²) in [5, 5.41) is 14.8. The van der Waals surface area contributed by atoms with Crippen LogP contribution in [0.3, 0.4) is 0 Å². The number of aromatic hydroxyl groups is 1. The van der Waals surface area contributed by atoms with Crippen molar-refractivity contribution >= 4 is 17.3 Å². The summed E-state index contributed by atoms with van der Waals surface area (Å²) in [5.74, 6) is 0.292. The molecule has 0 spiro atoms. The van der Waals surface area contributed by atoms with Gasteiger partial charge in [0.1, 0.15) is 11.9 Å². The third-order valence-corrected chi connectivity index (χ3v) is 6.03. The molecule has 1 amide bonds. The fraction of sp³-hybridized carbons (Fsp3) is 0.321. The summed E-state index contributed by atoms with van der Waals surface area (Å²) < 4.78 is 0. The minimum absolute atomic E-state index is 0.0433. The van der Waals surface area contributed by atoms with E-state index in [0.29, 0.717) is 11.3 Å². The van der Waals surface area contributed by atoms with Crippen LogP contribution in [0.5, 0.6) is 5.75 Å². The lowest BCUT2D eigenvalue weighted by atomic mass is 9.78. The summed E-state index contributed by atoms with van der Waals surface area (Å²) in [4.78, 5) is 15.5. The molecule has 0 radical (unpaired) electrons. The highest BCUT2D eigenvalue weighted by Gasteiger charge is 2.36. The van der Waals surface area contributed by atoms with Crippen LogP contribution in [0.25, 0.3) is 0 Å². The van der Waals surface area contributed by atoms with Gasteiger partial charge >= 0.3 is 0 Å². The number of hydrogen-bond donors (Lipinski definition) is 2. The van der Waals surface area contributed by atoms with Gasteiger partial charge in [-0.25, -0.2) is 0 Å². The topological polar surface area (TPSA) is 52.6 Å². The van der Waals surface area contributed by atoms with Gasteiger partial charge < -0.3 is 10.4 Å². The Morgan fingerprint density at radius 3 is 1.91 bits per heavy atom. The molecule has 2 N–H and O–H groups in total. The highest BCUT2D eigenvalue weighted by Crippen LogP contribution is 2.43. The average molecular weight is 429 g/mol. The Hall–Kier alpha value is -3.27. The van der Waals surface area contributed by atoms with Crippen molar-refractivity contribution in [2.75, 3.05) is 10.2 Å². The first-order valence-electron chi connectivity index (χ1n) is 11.1. The zero-order valence-corrected chi connectivity index (χ0v) is 19.7. The number of benzene rings is 3. The van der Waals surface area contributed by atoms with Crippen molar-refractivity contribution in [3.05, 3.63) is 89.0 Å². The Kier molecular flexibility index (Phi) is 5.28. The van der Waals surface area contributed by atoms with Crippen molar-refractivity contribution in [1.82, 2.24) is 0 Å². The molecule has 1 heterocycles. The number of phenolic OH excluding ortho intramolecular Hbond substituents is 1. The number of anilines is 2. The molecular formula is C28H32N2O2. The first-order chi connectivity index (χ1) is 15.0. The Balaban J connectivity index is 1.97. The number of phenols is 1. The molecule has 4 heteroatoms. The second kappa shape index (κ2) is 7.70. The molecule has 0 saturated heterocycles. The molecule has 0 bridgehead atoms. The highest BCUT2D eigenvalue weighted by atomic mass is 16.3. The first kappa shape index (κ1) is 21.9. The molecule has 32 heavy (non-hydrogen) atoms. The zero-order valence-electron chi connectivity index (χ0n) is 19.7. The minimum atomic E-state index is -0.400. The lowest BCUT2D eigenvalue weighted by molar-refractivity contribution is 0.0975. The molecule has 3 aromatic rings. The van der Waals surface area contributed by atoms with E-state index in [1.807, 2.05) is 71.6 Å². The van der Waals surface area contributed by atoms with Crippen LogP contribution in [0.4, 0.5) is 11.4 Å². The second-order valence-electron chi connectivity index (χ2n) is 10.6. The fourth-order valence-electron chi connectivity index (χ4n) is 4.30. The third-order valence-electron chi connectivity index (χ3n) is 6.03. The summed E-state index contributed by atoms with van der Waals surface area (Å²) in [6, 6.07) is 21.4. The van der Waals surface area contributed by atoms with Crippen LogP contribution in [0.2, 0.25) is 0 Å². The van der Waals surface area contributed by atoms with Crippen LogP contribution < -0.4 is 10.2 Å². The Labute approximate surface area is 190 Å². The van der Waals surface area contributed by atoms with Crippen molar-refractivity contribution in [3.8, 4) is 5.75 Å². The van der Waals surface area contributed by atoms with Crippen molar-refractivity contribution in [2.24, 2.45) is 0 Å². The van der Waals surface area contributed by atoms with E-state index in [1.165, 1.54) is 0 Å². The molecule has 0 fully saturated rings. The number of nitrogens with zero attached hydrogens (tertiary/aromatic N) is 1. The maximum Gasteiger partial charge on any atom is 0.262 e. The first-order valence-corrected chi connectivity index (χ1v) is 11.1. The number of hydrogen-bond acceptors (Lipinski definition) is 3. The average Bonchev–Trinajstić information content (AvgIpc) is 2.73. The van der Waals surface area contributed by atoms with E-state index >= 15 is 0 Å². The second-order valence-corrected chi connectivity index (χ2v) is 10.6. The van der Waals surface area contributed by atoms with Gasteiger partial charge in [-0.15, -0.1) is 0 Å². The van der Waals surface area contributed by atoms with E-state index in [0.717, 1.165) is 28.1 Å². The molecule has 1 aliphatic rings. The van der Waals surface area contributed by atoms with Gasteiger partial charge in [-0.1, -0.05) is 71.9 Å². The standard InChI is InChI=1S/C28H32N2O2/c1-27(2,3)21-16-18(17-22(24(21)31)28(4,5)6)25-29-23-15-11-10-14-20(23)26(32)30(25)19-12-8-7-9-13-19/h7-17,25,29,31H,1-6H3. The fourth-order valence-corrected chi connectivity index (χ4v) is 4.30. The molecule has 0 aromatic heterocycles. The van der Waals surface area contributed by atoms with Crippen molar-refractivity contribution in [1.29, 1.82) is 0 Å². The van der Waals surface area contributed by atoms with Gasteiger partial charge in [-0.2, -0.15) is 0 Å². The van der Waals surface area contributed by atoms with E-state index in [2.05, 4.69) is 46.9 Å². The molecule has 1 atom stereocenters. The van der Waals surface area contributed by atoms with E-state index in [4.69, 9.17) is 0 Å². The predicted octanol–water partition coefficient (Wildman–Crippen LogP) is 6.76. The van der Waals surface area contributed by atoms with Gasteiger partial charge in [0.2, 0.25) is 0 Å². The van der Waals surface area contributed by atoms with Crippen LogP contribution in [0, 0.1) is 0 Å². The Bertz CT molecular complexity index is 1120. The van der Waals surface area contributed by atoms with Crippen LogP contribution in [-0.2, 0) is 10.8 Å². The molecular weight excluding hydrogens is 396 g/mol. The highest BCUT2D eigenvalue weighted by molar-refractivity contribution is 6.12. The molecule has 0 saturated carbocycles. The smallest absolute Gasteiger partial charge is 0.262 e. The van der Waals surface area contributed by atoms with Gasteiger partial charge in [0, 0.05) is 11.4 Å². The lowest BCUT2D eigenvalue weighted by Gasteiger charge is -2.39. The number of fused-ring (bicyclic) bond motifs is 1. The quantitative estimate of drug-likeness (QED) is 0.474. The van der Waals surface area contributed by atoms with Crippen molar-refractivity contribution < 1.29 is 9.90 Å². The third kappa shape index (κ3) is 3.86. The van der Waals surface area contributed by atoms with E-state index in [9.17, 15) is 9.90 Å². The van der Waals surface area contributed by atoms with Gasteiger partial charge in [-0.05, 0) is 63.9 Å². The lowest BCUT2D eigenvalue weighted by Crippen LogP contribution is -2.43. The molecule has 0 aliphatic carbocycles. The van der Waals surface area contributed by atoms with E-state index < -0.39 is 6.17 Å². The SMILES string of the molecule is CC(C)(C)c1cc(C2Nc3ccccc3C(=O)N2c2ccccc2)cc(C(C)(C)C)c1O. The summed E-state index contributed by atoms with van der Waals surface area (Å²) in [5.41, 5.74) is 4.48. The van der Waals surface area contributed by atoms with Gasteiger partial charge in [0.15, 0.2) is 0 Å². The minimum Gasteiger partial charge on any atom is -0.507 e. The number of amides is 1. The molecule has 3 aromatic carbocycles. The maximum absolute atomic E-state index is 13.7. The molecule has 4 nitrogen and oxygen atoms in total. The normalized spacial score (nSPS) is 16.5. The monoisotopic (exact) mass is 428 g/mol. The van der Waals surface area contributed by atoms with Crippen LogP contribution >= 0.6 is 0 Å². The zero-order chi connectivity index (χ0) is 23.3. The summed E-state index contributed by atoms with van der Waals surface area (Å²) in [6.45, 7) is 12.6. The van der Waals surface area contributed by atoms with Crippen LogP contribution in [-0.4, -0.2) is 11.0 Å². The summed E-state index contributed by atoms with van der Waals surface area (Å²) in [6.07, 6.45) is -0.400. The molecule has 166 valence electrons. The number of rotatable bonds is 2. The largest absolute Gasteiger partial charge is 0.507 e. The van der Waals surface area contributed by atoms with Gasteiger partial charge in [-0.3, -0.25) is 9.69 Å². The number of para-hydroxylation sites is 2. The maximum atomic E-state index is 13.7. The van der Waals surface area contributed by atoms with Gasteiger partial charge in [0.05, 0.1) is 5.56 Å². The van der Waals surface area contributed by atoms with E-state index in [1.54, 1.807) is 0 Å².